The monoisotopic (exact) mass is 944 g/mol. The van der Waals surface area contributed by atoms with Gasteiger partial charge in [-0.25, -0.2) is 0 Å². The molecule has 0 amide bonds. The Morgan fingerprint density at radius 1 is 0.545 bits per heavy atom. The van der Waals surface area contributed by atoms with Gasteiger partial charge in [0.05, 0.1) is 52.3 Å². The Balaban J connectivity index is 1.16. The van der Waals surface area contributed by atoms with Crippen molar-refractivity contribution in [2.75, 3.05) is 34.5 Å². The van der Waals surface area contributed by atoms with E-state index in [0.717, 1.165) is 0 Å². The molecule has 4 fully saturated rings. The lowest BCUT2D eigenvalue weighted by molar-refractivity contribution is -0.365. The molecular formula is C42H56O24. The van der Waals surface area contributed by atoms with E-state index in [4.69, 9.17) is 56.5 Å². The van der Waals surface area contributed by atoms with Gasteiger partial charge in [-0.15, -0.1) is 0 Å². The Kier molecular flexibility index (Phi) is 15.7. The summed E-state index contributed by atoms with van der Waals surface area (Å²) in [5, 5.41) is 118. The summed E-state index contributed by atoms with van der Waals surface area (Å²) in [6.07, 6.45) is -32.4. The highest BCUT2D eigenvalue weighted by atomic mass is 16.8. The molecule has 2 aromatic carbocycles. The lowest BCUT2D eigenvalue weighted by atomic mass is 9.96. The summed E-state index contributed by atoms with van der Waals surface area (Å²) in [4.78, 5) is 13.9. The second-order valence-corrected chi connectivity index (χ2v) is 16.3. The lowest BCUT2D eigenvalue weighted by Gasteiger charge is -2.47. The number of ether oxygens (including phenoxy) is 11. The van der Waals surface area contributed by atoms with E-state index in [0.29, 0.717) is 11.3 Å². The van der Waals surface area contributed by atoms with Crippen LogP contribution in [0.1, 0.15) is 13.8 Å². The molecule has 24 heteroatoms. The molecule has 0 unspecified atom stereocenters. The zero-order valence-corrected chi connectivity index (χ0v) is 36.2. The van der Waals surface area contributed by atoms with Crippen LogP contribution in [-0.4, -0.2) is 214 Å². The number of rotatable bonds is 14. The first kappa shape index (κ1) is 50.0. The van der Waals surface area contributed by atoms with Crippen molar-refractivity contribution in [3.05, 3.63) is 46.8 Å². The first-order valence-electron chi connectivity index (χ1n) is 20.9. The van der Waals surface area contributed by atoms with Crippen molar-refractivity contribution >= 4 is 11.0 Å². The third-order valence-electron chi connectivity index (χ3n) is 12.1. The van der Waals surface area contributed by atoms with Crippen molar-refractivity contribution in [2.45, 2.75) is 137 Å². The second-order valence-electron chi connectivity index (χ2n) is 16.3. The molecule has 4 aliphatic heterocycles. The molecule has 0 spiro atoms. The number of hydrogen-bond acceptors (Lipinski definition) is 24. The molecule has 11 N–H and O–H groups in total. The number of aliphatic hydroxyl groups is 11. The van der Waals surface area contributed by atoms with Crippen LogP contribution in [0.3, 0.4) is 0 Å². The predicted octanol–water partition coefficient (Wildman–Crippen LogP) is -3.81. The first-order valence-corrected chi connectivity index (χ1v) is 20.9. The highest BCUT2D eigenvalue weighted by Crippen LogP contribution is 2.44. The number of fused-ring (bicyclic) bond motifs is 1. The van der Waals surface area contributed by atoms with Gasteiger partial charge < -0.3 is 113 Å². The summed E-state index contributed by atoms with van der Waals surface area (Å²) in [7, 11) is 4.01. The minimum atomic E-state index is -2.03. The first-order chi connectivity index (χ1) is 31.4. The van der Waals surface area contributed by atoms with Gasteiger partial charge in [0.1, 0.15) is 108 Å². The Hall–Kier alpha value is -3.87. The molecular weight excluding hydrogens is 888 g/mol. The highest BCUT2D eigenvalue weighted by Gasteiger charge is 2.53. The molecule has 0 bridgehead atoms. The Morgan fingerprint density at radius 2 is 1.06 bits per heavy atom. The van der Waals surface area contributed by atoms with Crippen LogP contribution in [0.5, 0.6) is 23.0 Å². The fourth-order valence-electron chi connectivity index (χ4n) is 8.09. The molecule has 7 rings (SSSR count). The van der Waals surface area contributed by atoms with Crippen LogP contribution >= 0.6 is 0 Å². The maximum absolute atomic E-state index is 13.9. The molecule has 0 radical (unpaired) electrons. The summed E-state index contributed by atoms with van der Waals surface area (Å²) in [6.45, 7) is 1.47. The molecule has 3 aromatic rings. The summed E-state index contributed by atoms with van der Waals surface area (Å²) in [5.74, 6) is 0.0500. The van der Waals surface area contributed by atoms with Crippen molar-refractivity contribution < 1.29 is 113 Å². The Labute approximate surface area is 375 Å². The fourth-order valence-corrected chi connectivity index (χ4v) is 8.09. The van der Waals surface area contributed by atoms with Crippen LogP contribution in [0.15, 0.2) is 45.8 Å². The zero-order valence-electron chi connectivity index (χ0n) is 36.2. The van der Waals surface area contributed by atoms with Crippen LogP contribution in [0, 0.1) is 0 Å². The predicted molar refractivity (Wildman–Crippen MR) is 217 cm³/mol. The van der Waals surface area contributed by atoms with Gasteiger partial charge in [-0.3, -0.25) is 4.79 Å². The smallest absolute Gasteiger partial charge is 0.229 e. The third kappa shape index (κ3) is 9.71. The quantitative estimate of drug-likeness (QED) is 0.0738. The van der Waals surface area contributed by atoms with Gasteiger partial charge in [0.15, 0.2) is 30.4 Å². The van der Waals surface area contributed by atoms with Gasteiger partial charge in [0.2, 0.25) is 17.5 Å². The normalized spacial score (nSPS) is 39.6. The summed E-state index contributed by atoms with van der Waals surface area (Å²) in [5.41, 5.74) is 0.121. The average molecular weight is 945 g/mol. The van der Waals surface area contributed by atoms with Crippen molar-refractivity contribution in [2.24, 2.45) is 0 Å². The van der Waals surface area contributed by atoms with E-state index in [2.05, 4.69) is 0 Å². The van der Waals surface area contributed by atoms with Gasteiger partial charge in [-0.1, -0.05) is 12.1 Å². The molecule has 4 aliphatic rings. The average Bonchev–Trinajstić information content (AvgIpc) is 3.31. The van der Waals surface area contributed by atoms with Crippen LogP contribution in [0.4, 0.5) is 0 Å². The molecule has 0 aliphatic carbocycles. The summed E-state index contributed by atoms with van der Waals surface area (Å²) >= 11 is 0. The number of aliphatic hydroxyl groups excluding tert-OH is 11. The molecule has 1 aromatic heterocycles. The third-order valence-corrected chi connectivity index (χ3v) is 12.1. The molecule has 5 heterocycles. The van der Waals surface area contributed by atoms with E-state index >= 15 is 0 Å². The van der Waals surface area contributed by atoms with Crippen molar-refractivity contribution in [3.63, 3.8) is 0 Å². The largest absolute Gasteiger partial charge is 0.497 e. The Bertz CT molecular complexity index is 2140. The van der Waals surface area contributed by atoms with E-state index in [-0.39, 0.29) is 33.8 Å². The van der Waals surface area contributed by atoms with Crippen LogP contribution < -0.4 is 24.4 Å². The number of hydrogen-bond donors (Lipinski definition) is 11. The van der Waals surface area contributed by atoms with Crippen molar-refractivity contribution in [3.8, 4) is 34.1 Å². The highest BCUT2D eigenvalue weighted by molar-refractivity contribution is 5.91. The molecule has 24 nitrogen and oxygen atoms in total. The van der Waals surface area contributed by atoms with Crippen LogP contribution in [0.25, 0.3) is 22.1 Å². The lowest BCUT2D eigenvalue weighted by Crippen LogP contribution is -2.65. The van der Waals surface area contributed by atoms with E-state index in [1.54, 1.807) is 24.3 Å². The van der Waals surface area contributed by atoms with Crippen molar-refractivity contribution in [1.29, 1.82) is 0 Å². The second kappa shape index (κ2) is 20.8. The minimum absolute atomic E-state index is 0.0390. The molecule has 4 saturated heterocycles. The van der Waals surface area contributed by atoms with Gasteiger partial charge >= 0.3 is 0 Å². The molecule has 66 heavy (non-hydrogen) atoms. The van der Waals surface area contributed by atoms with E-state index < -0.39 is 141 Å². The summed E-state index contributed by atoms with van der Waals surface area (Å²) in [6, 6.07) is 7.91. The topological polar surface area (TPSA) is 354 Å². The van der Waals surface area contributed by atoms with E-state index in [1.165, 1.54) is 47.5 Å². The maximum atomic E-state index is 13.9. The van der Waals surface area contributed by atoms with Gasteiger partial charge in [-0.05, 0) is 31.5 Å². The van der Waals surface area contributed by atoms with Gasteiger partial charge in [0, 0.05) is 6.07 Å². The minimum Gasteiger partial charge on any atom is -0.497 e. The molecule has 368 valence electrons. The fraction of sp³-hybridized carbons (Fsp3) is 0.643. The molecule has 0 saturated carbocycles. The maximum Gasteiger partial charge on any atom is 0.229 e. The van der Waals surface area contributed by atoms with Gasteiger partial charge in [0.25, 0.3) is 0 Å². The standard InChI is InChI=1S/C42H56O24/c1-14-24(43)28(47)32(51)39(61-14)59-12-21-27(46)30(49)34(53)42(64-21)66-36-22(13-60-40-33(52)29(48)25(44)15(2)62-40)65-41(35(54)31(36)50)63-20-10-19-23(38(57-5)37(20)56-4)26(45)18(11-58-19)16-6-8-17(55-3)9-7-16/h6-11,14-15,21-22,24-25,27-36,39-44,46-54H,12-13H2,1-5H3/t14-,15-,21+,22+,24-,25-,27+,28+,29+,30-,31+,32+,33+,34+,35+,36+,39+,40+,41+,42-/m0/s1. The van der Waals surface area contributed by atoms with Crippen LogP contribution in [-0.2, 0) is 33.2 Å². The summed E-state index contributed by atoms with van der Waals surface area (Å²) < 4.78 is 68.6. The van der Waals surface area contributed by atoms with E-state index in [9.17, 15) is 61.0 Å². The van der Waals surface area contributed by atoms with E-state index in [1.807, 2.05) is 0 Å². The number of benzene rings is 2. The van der Waals surface area contributed by atoms with Gasteiger partial charge in [-0.2, -0.15) is 0 Å². The number of methoxy groups -OCH3 is 3. The SMILES string of the molecule is COc1ccc(-c2coc3cc(O[C@@H]4O[C@H](CO[C@@H]5O[C@@H](C)[C@H](O)[C@@H](O)[C@H]5O)[C@@H](O[C@@H]5O[C@H](CO[C@@H]6O[C@@H](C)[C@H](O)[C@@H](O)[C@H]6O)[C@@H](O)[C@H](O)[C@H]5O)[C@H](O)[C@H]4O)c(OC)c(OC)c3c2=O)cc1. The molecule has 20 atom stereocenters. The Morgan fingerprint density at radius 3 is 1.62 bits per heavy atom. The zero-order chi connectivity index (χ0) is 47.9. The van der Waals surface area contributed by atoms with Crippen molar-refractivity contribution in [1.82, 2.24) is 0 Å². The van der Waals surface area contributed by atoms with Crippen LogP contribution in [0.2, 0.25) is 0 Å².